The maximum absolute atomic E-state index is 12.9. The van der Waals surface area contributed by atoms with E-state index in [1.807, 2.05) is 32.2 Å². The van der Waals surface area contributed by atoms with Gasteiger partial charge in [0.05, 0.1) is 12.1 Å². The highest BCUT2D eigenvalue weighted by molar-refractivity contribution is 9.10. The van der Waals surface area contributed by atoms with Gasteiger partial charge in [0.15, 0.2) is 0 Å². The molecule has 0 aliphatic carbocycles. The molecule has 0 aliphatic rings. The van der Waals surface area contributed by atoms with E-state index in [2.05, 4.69) is 20.9 Å². The van der Waals surface area contributed by atoms with Crippen LogP contribution in [-0.4, -0.2) is 44.4 Å². The molecule has 0 saturated carbocycles. The van der Waals surface area contributed by atoms with Crippen molar-refractivity contribution in [1.82, 2.24) is 14.3 Å². The molecule has 0 spiro atoms. The molecule has 2 rings (SSSR count). The van der Waals surface area contributed by atoms with Crippen molar-refractivity contribution in [2.24, 2.45) is 0 Å². The molecule has 6 nitrogen and oxygen atoms in total. The van der Waals surface area contributed by atoms with Crippen LogP contribution in [0.15, 0.2) is 22.8 Å². The molecule has 0 radical (unpaired) electrons. The van der Waals surface area contributed by atoms with E-state index in [0.29, 0.717) is 24.3 Å². The predicted octanol–water partition coefficient (Wildman–Crippen LogP) is 2.99. The first-order chi connectivity index (χ1) is 11.0. The molecule has 0 fully saturated rings. The van der Waals surface area contributed by atoms with Gasteiger partial charge in [0.2, 0.25) is 0 Å². The highest BCUT2D eigenvalue weighted by Crippen LogP contribution is 2.20. The van der Waals surface area contributed by atoms with Gasteiger partial charge in [0, 0.05) is 23.8 Å². The first-order valence-corrected chi connectivity index (χ1v) is 8.44. The van der Waals surface area contributed by atoms with Crippen molar-refractivity contribution in [2.45, 2.75) is 33.1 Å². The number of carboxylic acid groups (broad SMARTS) is 1. The number of rotatable bonds is 7. The van der Waals surface area contributed by atoms with Crippen LogP contribution in [0.5, 0.6) is 0 Å². The van der Waals surface area contributed by atoms with Gasteiger partial charge in [0.25, 0.3) is 5.91 Å². The Morgan fingerprint density at radius 1 is 1.35 bits per heavy atom. The molecule has 23 heavy (non-hydrogen) atoms. The lowest BCUT2D eigenvalue weighted by Crippen LogP contribution is -2.34. The summed E-state index contributed by atoms with van der Waals surface area (Å²) in [6, 6.07) is 3.74. The van der Waals surface area contributed by atoms with Crippen LogP contribution in [0.2, 0.25) is 0 Å². The van der Waals surface area contributed by atoms with E-state index >= 15 is 0 Å². The zero-order valence-electron chi connectivity index (χ0n) is 13.3. The van der Waals surface area contributed by atoms with Gasteiger partial charge >= 0.3 is 5.97 Å². The van der Waals surface area contributed by atoms with Gasteiger partial charge in [-0.15, -0.1) is 0 Å². The number of pyridine rings is 1. The van der Waals surface area contributed by atoms with Crippen molar-refractivity contribution in [3.8, 4) is 0 Å². The van der Waals surface area contributed by atoms with Gasteiger partial charge in [-0.25, -0.2) is 4.98 Å². The number of carbonyl (C=O) groups excluding carboxylic acids is 1. The van der Waals surface area contributed by atoms with Crippen LogP contribution in [0.25, 0.3) is 5.65 Å². The molecule has 0 saturated heterocycles. The van der Waals surface area contributed by atoms with Crippen molar-refractivity contribution in [1.29, 1.82) is 0 Å². The average Bonchev–Trinajstić information content (AvgIpc) is 2.85. The maximum Gasteiger partial charge on any atom is 0.305 e. The number of hydrogen-bond donors (Lipinski definition) is 1. The fourth-order valence-electron chi connectivity index (χ4n) is 2.49. The molecular weight excluding hydrogens is 362 g/mol. The van der Waals surface area contributed by atoms with Crippen molar-refractivity contribution in [3.63, 3.8) is 0 Å². The summed E-state index contributed by atoms with van der Waals surface area (Å²) in [4.78, 5) is 29.8. The van der Waals surface area contributed by atoms with Gasteiger partial charge in [-0.05, 0) is 41.4 Å². The molecular formula is C16H20BrN3O3. The summed E-state index contributed by atoms with van der Waals surface area (Å²) in [7, 11) is 0. The van der Waals surface area contributed by atoms with Gasteiger partial charge < -0.3 is 10.0 Å². The zero-order chi connectivity index (χ0) is 17.0. The fourth-order valence-corrected chi connectivity index (χ4v) is 2.83. The molecule has 1 N–H and O–H groups in total. The maximum atomic E-state index is 12.9. The summed E-state index contributed by atoms with van der Waals surface area (Å²) in [6.07, 6.45) is 3.34. The molecule has 0 atom stereocenters. The van der Waals surface area contributed by atoms with Crippen LogP contribution in [0.3, 0.4) is 0 Å². The summed E-state index contributed by atoms with van der Waals surface area (Å²) in [5, 5.41) is 8.86. The summed E-state index contributed by atoms with van der Waals surface area (Å²) in [6.45, 7) is 4.53. The monoisotopic (exact) mass is 381 g/mol. The van der Waals surface area contributed by atoms with Crippen molar-refractivity contribution < 1.29 is 14.7 Å². The van der Waals surface area contributed by atoms with E-state index in [9.17, 15) is 9.59 Å². The number of aliphatic carboxylic acids is 1. The second-order valence-corrected chi connectivity index (χ2v) is 6.18. The van der Waals surface area contributed by atoms with Gasteiger partial charge in [-0.1, -0.05) is 13.3 Å². The second kappa shape index (κ2) is 7.59. The van der Waals surface area contributed by atoms with Crippen molar-refractivity contribution in [3.05, 3.63) is 34.2 Å². The second-order valence-electron chi connectivity index (χ2n) is 5.26. The topological polar surface area (TPSA) is 74.9 Å². The van der Waals surface area contributed by atoms with E-state index < -0.39 is 5.97 Å². The Morgan fingerprint density at radius 3 is 2.70 bits per heavy atom. The molecule has 0 bridgehead atoms. The number of hydrogen-bond acceptors (Lipinski definition) is 3. The number of fused-ring (bicyclic) bond motifs is 1. The van der Waals surface area contributed by atoms with E-state index in [4.69, 9.17) is 5.11 Å². The molecule has 124 valence electrons. The number of aryl methyl sites for hydroxylation is 1. The zero-order valence-corrected chi connectivity index (χ0v) is 14.8. The smallest absolute Gasteiger partial charge is 0.305 e. The van der Waals surface area contributed by atoms with Crippen LogP contribution in [0, 0.1) is 0 Å². The normalized spacial score (nSPS) is 10.9. The summed E-state index contributed by atoms with van der Waals surface area (Å²) in [5.41, 5.74) is 1.99. The lowest BCUT2D eigenvalue weighted by atomic mass is 10.2. The number of nitrogens with zero attached hydrogens (tertiary/aromatic N) is 3. The molecule has 1 amide bonds. The Balaban J connectivity index is 2.45. The van der Waals surface area contributed by atoms with Gasteiger partial charge in [-0.3, -0.25) is 14.0 Å². The van der Waals surface area contributed by atoms with Crippen LogP contribution in [0.4, 0.5) is 0 Å². The predicted molar refractivity (Wildman–Crippen MR) is 90.7 cm³/mol. The highest BCUT2D eigenvalue weighted by atomic mass is 79.9. The van der Waals surface area contributed by atoms with E-state index in [-0.39, 0.29) is 18.9 Å². The third-order valence-electron chi connectivity index (χ3n) is 3.61. The van der Waals surface area contributed by atoms with E-state index in [0.717, 1.165) is 16.6 Å². The minimum atomic E-state index is -0.911. The summed E-state index contributed by atoms with van der Waals surface area (Å²) in [5.74, 6) is -1.09. The Labute approximate surface area is 143 Å². The average molecular weight is 382 g/mol. The number of amides is 1. The first-order valence-electron chi connectivity index (χ1n) is 7.65. The third-order valence-corrected chi connectivity index (χ3v) is 4.08. The number of halogens is 1. The minimum Gasteiger partial charge on any atom is -0.481 e. The van der Waals surface area contributed by atoms with Gasteiger partial charge in [-0.2, -0.15) is 0 Å². The summed E-state index contributed by atoms with van der Waals surface area (Å²) < 4.78 is 2.63. The van der Waals surface area contributed by atoms with Crippen LogP contribution < -0.4 is 0 Å². The SMILES string of the molecule is CCCc1nc2ccc(Br)cn2c1C(=O)N(CC)CCC(=O)O. The summed E-state index contributed by atoms with van der Waals surface area (Å²) >= 11 is 3.42. The molecule has 7 heteroatoms. The molecule has 2 aromatic heterocycles. The lowest BCUT2D eigenvalue weighted by Gasteiger charge is -2.20. The molecule has 0 aromatic carbocycles. The highest BCUT2D eigenvalue weighted by Gasteiger charge is 2.23. The van der Waals surface area contributed by atoms with Crippen LogP contribution >= 0.6 is 15.9 Å². The largest absolute Gasteiger partial charge is 0.481 e. The van der Waals surface area contributed by atoms with Gasteiger partial charge in [0.1, 0.15) is 11.3 Å². The Bertz CT molecular complexity index is 727. The van der Waals surface area contributed by atoms with Crippen molar-refractivity contribution in [2.75, 3.05) is 13.1 Å². The molecule has 2 heterocycles. The quantitative estimate of drug-likeness (QED) is 0.799. The van der Waals surface area contributed by atoms with Crippen molar-refractivity contribution >= 4 is 33.5 Å². The first kappa shape index (κ1) is 17.5. The Kier molecular flexibility index (Phi) is 5.76. The molecule has 2 aromatic rings. The lowest BCUT2D eigenvalue weighted by molar-refractivity contribution is -0.137. The minimum absolute atomic E-state index is 0.0663. The Morgan fingerprint density at radius 2 is 2.09 bits per heavy atom. The van der Waals surface area contributed by atoms with E-state index in [1.54, 1.807) is 9.30 Å². The molecule has 0 unspecified atom stereocenters. The molecule has 0 aliphatic heterocycles. The fraction of sp³-hybridized carbons (Fsp3) is 0.438. The number of imidazole rings is 1. The number of aromatic nitrogens is 2. The van der Waals surface area contributed by atoms with Crippen LogP contribution in [-0.2, 0) is 11.2 Å². The Hall–Kier alpha value is -1.89. The third kappa shape index (κ3) is 3.90. The standard InChI is InChI=1S/C16H20BrN3O3/c1-3-5-12-15(16(23)19(4-2)9-8-14(21)22)20-10-11(17)6-7-13(20)18-12/h6-7,10H,3-5,8-9H2,1-2H3,(H,21,22). The number of carbonyl (C=O) groups is 2. The number of carboxylic acids is 1. The van der Waals surface area contributed by atoms with Crippen LogP contribution in [0.1, 0.15) is 42.9 Å². The van der Waals surface area contributed by atoms with E-state index in [1.165, 1.54) is 0 Å².